The molecule has 218 valence electrons. The van der Waals surface area contributed by atoms with Gasteiger partial charge in [-0.05, 0) is 106 Å². The van der Waals surface area contributed by atoms with Gasteiger partial charge in [-0.2, -0.15) is 5.10 Å². The number of benzene rings is 4. The van der Waals surface area contributed by atoms with E-state index in [1.54, 1.807) is 0 Å². The summed E-state index contributed by atoms with van der Waals surface area (Å²) < 4.78 is 10.8. The predicted molar refractivity (Wildman–Crippen MR) is 181 cm³/mol. The zero-order valence-electron chi connectivity index (χ0n) is 26.1. The third kappa shape index (κ3) is 4.65. The Morgan fingerprint density at radius 3 is 2.18 bits per heavy atom. The summed E-state index contributed by atoms with van der Waals surface area (Å²) in [6.45, 7) is 13.0. The lowest BCUT2D eigenvalue weighted by Gasteiger charge is -2.14. The number of hydrogen-bond donors (Lipinski definition) is 0. The van der Waals surface area contributed by atoms with E-state index in [0.717, 1.165) is 46.2 Å². The number of rotatable bonds is 6. The Bertz CT molecular complexity index is 2180. The van der Waals surface area contributed by atoms with Crippen LogP contribution in [-0.2, 0) is 6.42 Å². The highest BCUT2D eigenvalue weighted by Gasteiger charge is 2.20. The van der Waals surface area contributed by atoms with Crippen molar-refractivity contribution in [1.82, 2.24) is 19.3 Å². The molecule has 0 aliphatic heterocycles. The molecule has 0 amide bonds. The molecule has 0 bridgehead atoms. The molecule has 0 saturated carbocycles. The molecule has 3 heterocycles. The van der Waals surface area contributed by atoms with E-state index in [-0.39, 0.29) is 0 Å². The highest BCUT2D eigenvalue weighted by atomic mass is 16.5. The summed E-state index contributed by atoms with van der Waals surface area (Å²) in [6.07, 6.45) is 2.73. The molecule has 7 aromatic rings. The van der Waals surface area contributed by atoms with Gasteiger partial charge in [0.2, 0.25) is 0 Å². The molecular weight excluding hydrogens is 540 g/mol. The topological polar surface area (TPSA) is 44.9 Å². The lowest BCUT2D eigenvalue weighted by molar-refractivity contribution is 0.482. The van der Waals surface area contributed by atoms with Crippen LogP contribution in [0.4, 0.5) is 0 Å². The fourth-order valence-corrected chi connectivity index (χ4v) is 6.73. The smallest absolute Gasteiger partial charge is 0.137 e. The van der Waals surface area contributed by atoms with E-state index in [0.29, 0.717) is 0 Å². The molecule has 0 aliphatic carbocycles. The maximum atomic E-state index is 6.53. The van der Waals surface area contributed by atoms with E-state index < -0.39 is 0 Å². The normalized spacial score (nSPS) is 11.5. The van der Waals surface area contributed by atoms with Crippen molar-refractivity contribution in [3.8, 4) is 34.1 Å². The maximum Gasteiger partial charge on any atom is 0.137 e. The van der Waals surface area contributed by atoms with Crippen molar-refractivity contribution >= 4 is 21.8 Å². The van der Waals surface area contributed by atoms with Crippen LogP contribution in [0.5, 0.6) is 11.5 Å². The number of ether oxygens (including phenoxy) is 1. The summed E-state index contributed by atoms with van der Waals surface area (Å²) in [7, 11) is 0. The SMILES string of the molecule is CCc1c(-c2c(C)cc(C)cc2C)c(C)nn1-c1cccc(Oc2ccc3c4ccccc4n(-c4cc(C)ccn4)c3c2)c1. The van der Waals surface area contributed by atoms with Crippen LogP contribution < -0.4 is 4.74 Å². The van der Waals surface area contributed by atoms with Crippen LogP contribution in [0.2, 0.25) is 0 Å². The first-order valence-electron chi connectivity index (χ1n) is 15.2. The Morgan fingerprint density at radius 1 is 0.659 bits per heavy atom. The van der Waals surface area contributed by atoms with E-state index >= 15 is 0 Å². The van der Waals surface area contributed by atoms with E-state index in [9.17, 15) is 0 Å². The zero-order valence-corrected chi connectivity index (χ0v) is 26.1. The number of fused-ring (bicyclic) bond motifs is 3. The Kier molecular flexibility index (Phi) is 6.81. The minimum absolute atomic E-state index is 0.762. The molecule has 0 atom stereocenters. The quantitative estimate of drug-likeness (QED) is 0.198. The van der Waals surface area contributed by atoms with Gasteiger partial charge in [0, 0.05) is 34.7 Å². The van der Waals surface area contributed by atoms with Crippen molar-refractivity contribution < 1.29 is 4.74 Å². The van der Waals surface area contributed by atoms with Crippen molar-refractivity contribution in [2.24, 2.45) is 0 Å². The predicted octanol–water partition coefficient (Wildman–Crippen LogP) is 9.93. The largest absolute Gasteiger partial charge is 0.457 e. The molecule has 0 unspecified atom stereocenters. The van der Waals surface area contributed by atoms with Gasteiger partial charge < -0.3 is 4.74 Å². The molecule has 0 saturated heterocycles. The second kappa shape index (κ2) is 10.8. The fourth-order valence-electron chi connectivity index (χ4n) is 6.73. The Morgan fingerprint density at radius 2 is 1.41 bits per heavy atom. The molecule has 0 spiro atoms. The molecule has 5 nitrogen and oxygen atoms in total. The highest BCUT2D eigenvalue weighted by Crippen LogP contribution is 2.37. The van der Waals surface area contributed by atoms with Crippen LogP contribution in [0.15, 0.2) is 97.2 Å². The number of aryl methyl sites for hydroxylation is 5. The maximum absolute atomic E-state index is 6.53. The highest BCUT2D eigenvalue weighted by molar-refractivity contribution is 6.09. The van der Waals surface area contributed by atoms with Crippen molar-refractivity contribution in [1.29, 1.82) is 0 Å². The Balaban J connectivity index is 1.30. The van der Waals surface area contributed by atoms with E-state index in [1.165, 1.54) is 49.8 Å². The van der Waals surface area contributed by atoms with Crippen LogP contribution in [0, 0.1) is 34.6 Å². The molecular formula is C39H36N4O. The fraction of sp³-hybridized carbons (Fsp3) is 0.179. The zero-order chi connectivity index (χ0) is 30.5. The molecule has 7 rings (SSSR count). The standard InChI is InChI=1S/C39H36N4O/c1-7-34-39(38-26(4)19-25(3)20-27(38)5)28(6)41-43(34)29-11-10-12-30(22-29)44-31-15-16-33-32-13-8-9-14-35(32)42(36(33)23-31)37-21-24(2)17-18-40-37/h8-23H,7H2,1-6H3. The van der Waals surface area contributed by atoms with Crippen LogP contribution in [0.1, 0.15) is 40.6 Å². The molecule has 5 heteroatoms. The number of aromatic nitrogens is 4. The third-order valence-corrected chi connectivity index (χ3v) is 8.49. The molecule has 0 fully saturated rings. The first-order chi connectivity index (χ1) is 21.3. The van der Waals surface area contributed by atoms with Gasteiger partial charge in [-0.3, -0.25) is 4.57 Å². The van der Waals surface area contributed by atoms with Crippen molar-refractivity contribution in [2.45, 2.75) is 48.0 Å². The Labute approximate surface area is 258 Å². The molecule has 0 aliphatic rings. The summed E-state index contributed by atoms with van der Waals surface area (Å²) in [5, 5.41) is 7.40. The average molecular weight is 577 g/mol. The summed E-state index contributed by atoms with van der Waals surface area (Å²) in [6, 6.07) is 31.7. The Hall–Kier alpha value is -5.16. The second-order valence-electron chi connectivity index (χ2n) is 11.8. The van der Waals surface area contributed by atoms with E-state index in [2.05, 4.69) is 118 Å². The van der Waals surface area contributed by atoms with Crippen molar-refractivity contribution in [3.63, 3.8) is 0 Å². The summed E-state index contributed by atoms with van der Waals surface area (Å²) in [5.74, 6) is 2.43. The van der Waals surface area contributed by atoms with Gasteiger partial charge in [0.15, 0.2) is 0 Å². The molecule has 0 radical (unpaired) electrons. The van der Waals surface area contributed by atoms with Crippen molar-refractivity contribution in [2.75, 3.05) is 0 Å². The molecule has 0 N–H and O–H groups in total. The van der Waals surface area contributed by atoms with Gasteiger partial charge in [-0.15, -0.1) is 0 Å². The van der Waals surface area contributed by atoms with Crippen LogP contribution in [-0.4, -0.2) is 19.3 Å². The van der Waals surface area contributed by atoms with Crippen LogP contribution >= 0.6 is 0 Å². The van der Waals surface area contributed by atoms with Gasteiger partial charge in [-0.1, -0.05) is 48.9 Å². The minimum atomic E-state index is 0.762. The first kappa shape index (κ1) is 27.7. The van der Waals surface area contributed by atoms with Crippen LogP contribution in [0.25, 0.3) is 44.4 Å². The van der Waals surface area contributed by atoms with Gasteiger partial charge >= 0.3 is 0 Å². The van der Waals surface area contributed by atoms with E-state index in [4.69, 9.17) is 14.8 Å². The van der Waals surface area contributed by atoms with Crippen molar-refractivity contribution in [3.05, 3.63) is 131 Å². The van der Waals surface area contributed by atoms with Gasteiger partial charge in [0.05, 0.1) is 28.1 Å². The van der Waals surface area contributed by atoms with Gasteiger partial charge in [-0.25, -0.2) is 9.67 Å². The number of hydrogen-bond acceptors (Lipinski definition) is 3. The van der Waals surface area contributed by atoms with Gasteiger partial charge in [0.25, 0.3) is 0 Å². The van der Waals surface area contributed by atoms with Gasteiger partial charge in [0.1, 0.15) is 17.3 Å². The summed E-state index contributed by atoms with van der Waals surface area (Å²) in [4.78, 5) is 4.72. The second-order valence-corrected chi connectivity index (χ2v) is 11.8. The summed E-state index contributed by atoms with van der Waals surface area (Å²) >= 11 is 0. The summed E-state index contributed by atoms with van der Waals surface area (Å²) in [5.41, 5.74) is 12.9. The third-order valence-electron chi connectivity index (χ3n) is 8.49. The molecule has 3 aromatic heterocycles. The molecule has 44 heavy (non-hydrogen) atoms. The first-order valence-corrected chi connectivity index (χ1v) is 15.2. The van der Waals surface area contributed by atoms with Crippen LogP contribution in [0.3, 0.4) is 0 Å². The monoisotopic (exact) mass is 576 g/mol. The molecule has 4 aromatic carbocycles. The number of para-hydroxylation sites is 1. The average Bonchev–Trinajstić information content (AvgIpc) is 3.51. The lowest BCUT2D eigenvalue weighted by Crippen LogP contribution is -2.03. The lowest BCUT2D eigenvalue weighted by atomic mass is 9.92. The van der Waals surface area contributed by atoms with E-state index in [1.807, 2.05) is 30.5 Å². The number of nitrogens with zero attached hydrogens (tertiary/aromatic N) is 4. The number of pyridine rings is 1. The minimum Gasteiger partial charge on any atom is -0.457 e.